The molecule has 0 fully saturated rings. The summed E-state index contributed by atoms with van der Waals surface area (Å²) in [5.74, 6) is -0.602. The van der Waals surface area contributed by atoms with Crippen molar-refractivity contribution in [1.29, 1.82) is 0 Å². The van der Waals surface area contributed by atoms with Gasteiger partial charge in [0.25, 0.3) is 0 Å². The van der Waals surface area contributed by atoms with Crippen molar-refractivity contribution in [3.05, 3.63) is 46.5 Å². The summed E-state index contributed by atoms with van der Waals surface area (Å²) in [4.78, 5) is 10.5. The molecule has 3 nitrogen and oxygen atoms in total. The third-order valence-electron chi connectivity index (χ3n) is 1.79. The van der Waals surface area contributed by atoms with E-state index in [0.717, 1.165) is 6.08 Å². The van der Waals surface area contributed by atoms with E-state index in [1.807, 2.05) is 0 Å². The van der Waals surface area contributed by atoms with E-state index < -0.39 is 5.97 Å². The maximum Gasteiger partial charge on any atom is 0.328 e. The van der Waals surface area contributed by atoms with Gasteiger partial charge in [-0.25, -0.2) is 4.79 Å². The van der Waals surface area contributed by atoms with Crippen LogP contribution in [0.4, 0.5) is 0 Å². The van der Waals surface area contributed by atoms with Crippen LogP contribution in [-0.2, 0) is 4.79 Å². The molecule has 0 saturated carbocycles. The highest BCUT2D eigenvalue weighted by Crippen LogP contribution is 2.28. The van der Waals surface area contributed by atoms with Crippen molar-refractivity contribution in [2.24, 2.45) is 0 Å². The molecule has 0 saturated heterocycles. The lowest BCUT2D eigenvalue weighted by Crippen LogP contribution is -1.98. The fourth-order valence-electron chi connectivity index (χ4n) is 1.12. The van der Waals surface area contributed by atoms with Gasteiger partial charge in [0, 0.05) is 16.7 Å². The van der Waals surface area contributed by atoms with Crippen molar-refractivity contribution in [2.45, 2.75) is 0 Å². The van der Waals surface area contributed by atoms with Crippen LogP contribution in [0, 0.1) is 0 Å². The van der Waals surface area contributed by atoms with Crippen LogP contribution in [0.3, 0.4) is 0 Å². The minimum atomic E-state index is -1.06. The zero-order valence-corrected chi connectivity index (χ0v) is 10.3. The maximum atomic E-state index is 10.5. The summed E-state index contributed by atoms with van der Waals surface area (Å²) in [5, 5.41) is 9.32. The molecule has 0 aliphatic carbocycles. The molecule has 1 N–H and O–H groups in total. The Kier molecular flexibility index (Phi) is 5.07. The highest BCUT2D eigenvalue weighted by atomic mass is 35.5. The van der Waals surface area contributed by atoms with Crippen LogP contribution in [0.5, 0.6) is 5.75 Å². The monoisotopic (exact) mass is 272 g/mol. The number of carboxylic acid groups (broad SMARTS) is 1. The van der Waals surface area contributed by atoms with Gasteiger partial charge in [0.2, 0.25) is 0 Å². The number of carbonyl (C=O) groups is 1. The Morgan fingerprint density at radius 3 is 2.82 bits per heavy atom. The zero-order chi connectivity index (χ0) is 12.8. The standard InChI is InChI=1S/C12H10Cl2O3/c1-8(13)7-17-11-4-2-3-10(14)9(11)5-6-12(15)16/h2-6H,1,7H2,(H,15,16)/b6-5+. The van der Waals surface area contributed by atoms with Crippen LogP contribution in [0.2, 0.25) is 5.02 Å². The van der Waals surface area contributed by atoms with Gasteiger partial charge < -0.3 is 9.84 Å². The molecular weight excluding hydrogens is 263 g/mol. The molecule has 0 unspecified atom stereocenters. The van der Waals surface area contributed by atoms with Crippen LogP contribution in [0.15, 0.2) is 35.9 Å². The summed E-state index contributed by atoms with van der Waals surface area (Å²) in [5.41, 5.74) is 0.495. The Labute approximate surface area is 109 Å². The number of halogens is 2. The summed E-state index contributed by atoms with van der Waals surface area (Å²) in [7, 11) is 0. The average molecular weight is 273 g/mol. The Balaban J connectivity index is 2.99. The molecule has 17 heavy (non-hydrogen) atoms. The Hall–Kier alpha value is -1.45. The van der Waals surface area contributed by atoms with Gasteiger partial charge in [-0.1, -0.05) is 35.8 Å². The highest BCUT2D eigenvalue weighted by Gasteiger charge is 2.06. The maximum absolute atomic E-state index is 10.5. The molecule has 0 aromatic heterocycles. The molecule has 1 aromatic carbocycles. The lowest BCUT2D eigenvalue weighted by Gasteiger charge is -2.09. The molecule has 0 aliphatic rings. The van der Waals surface area contributed by atoms with Gasteiger partial charge in [0.05, 0.1) is 5.02 Å². The van der Waals surface area contributed by atoms with Crippen LogP contribution >= 0.6 is 23.2 Å². The molecule has 0 bridgehead atoms. The minimum Gasteiger partial charge on any atom is -0.487 e. The number of ether oxygens (including phenoxy) is 1. The second kappa shape index (κ2) is 6.33. The SMILES string of the molecule is C=C(Cl)COc1cccc(Cl)c1/C=C/C(=O)O. The van der Waals surface area contributed by atoms with E-state index in [2.05, 4.69) is 6.58 Å². The van der Waals surface area contributed by atoms with Gasteiger partial charge in [-0.15, -0.1) is 0 Å². The summed E-state index contributed by atoms with van der Waals surface area (Å²) in [6.45, 7) is 3.63. The first kappa shape index (κ1) is 13.6. The first-order valence-electron chi connectivity index (χ1n) is 4.66. The van der Waals surface area contributed by atoms with Crippen LogP contribution in [0.25, 0.3) is 6.08 Å². The van der Waals surface area contributed by atoms with E-state index in [9.17, 15) is 4.79 Å². The summed E-state index contributed by atoms with van der Waals surface area (Å²) in [6.07, 6.45) is 2.36. The fourth-order valence-corrected chi connectivity index (χ4v) is 1.40. The molecule has 1 rings (SSSR count). The summed E-state index contributed by atoms with van der Waals surface area (Å²) < 4.78 is 5.35. The van der Waals surface area contributed by atoms with Crippen LogP contribution < -0.4 is 4.74 Å². The quantitative estimate of drug-likeness (QED) is 0.834. The predicted molar refractivity (Wildman–Crippen MR) is 68.6 cm³/mol. The van der Waals surface area contributed by atoms with E-state index in [-0.39, 0.29) is 6.61 Å². The lowest BCUT2D eigenvalue weighted by atomic mass is 10.2. The highest BCUT2D eigenvalue weighted by molar-refractivity contribution is 6.32. The molecule has 0 spiro atoms. The molecule has 0 atom stereocenters. The van der Waals surface area contributed by atoms with E-state index in [4.69, 9.17) is 33.0 Å². The lowest BCUT2D eigenvalue weighted by molar-refractivity contribution is -0.131. The first-order valence-corrected chi connectivity index (χ1v) is 5.42. The topological polar surface area (TPSA) is 46.5 Å². The molecule has 0 aliphatic heterocycles. The minimum absolute atomic E-state index is 0.135. The van der Waals surface area contributed by atoms with Crippen molar-refractivity contribution >= 4 is 35.2 Å². The third kappa shape index (κ3) is 4.51. The Morgan fingerprint density at radius 1 is 1.53 bits per heavy atom. The molecule has 5 heteroatoms. The summed E-state index contributed by atoms with van der Waals surface area (Å²) in [6, 6.07) is 5.02. The first-order chi connectivity index (χ1) is 8.00. The zero-order valence-electron chi connectivity index (χ0n) is 8.82. The molecule has 0 radical (unpaired) electrons. The van der Waals surface area contributed by atoms with Crippen molar-refractivity contribution in [2.75, 3.05) is 6.61 Å². The van der Waals surface area contributed by atoms with Gasteiger partial charge in [-0.3, -0.25) is 0 Å². The Bertz CT molecular complexity index is 467. The van der Waals surface area contributed by atoms with Crippen molar-refractivity contribution < 1.29 is 14.6 Å². The number of rotatable bonds is 5. The van der Waals surface area contributed by atoms with Gasteiger partial charge in [-0.2, -0.15) is 0 Å². The second-order valence-electron chi connectivity index (χ2n) is 3.13. The smallest absolute Gasteiger partial charge is 0.328 e. The average Bonchev–Trinajstić information content (AvgIpc) is 2.24. The van der Waals surface area contributed by atoms with Gasteiger partial charge >= 0.3 is 5.97 Å². The van der Waals surface area contributed by atoms with Crippen molar-refractivity contribution in [1.82, 2.24) is 0 Å². The largest absolute Gasteiger partial charge is 0.487 e. The molecular formula is C12H10Cl2O3. The van der Waals surface area contributed by atoms with Gasteiger partial charge in [0.1, 0.15) is 12.4 Å². The third-order valence-corrected chi connectivity index (χ3v) is 2.23. The summed E-state index contributed by atoms with van der Waals surface area (Å²) >= 11 is 11.5. The van der Waals surface area contributed by atoms with E-state index >= 15 is 0 Å². The number of hydrogen-bond donors (Lipinski definition) is 1. The molecule has 0 amide bonds. The number of carboxylic acids is 1. The predicted octanol–water partition coefficient (Wildman–Crippen LogP) is 3.57. The van der Waals surface area contributed by atoms with Crippen LogP contribution in [0.1, 0.15) is 5.56 Å². The number of hydrogen-bond acceptors (Lipinski definition) is 2. The van der Waals surface area contributed by atoms with E-state index in [1.165, 1.54) is 6.08 Å². The van der Waals surface area contributed by atoms with Gasteiger partial charge in [-0.05, 0) is 18.2 Å². The number of benzene rings is 1. The Morgan fingerprint density at radius 2 is 2.24 bits per heavy atom. The van der Waals surface area contributed by atoms with E-state index in [0.29, 0.717) is 21.4 Å². The molecule has 1 aromatic rings. The number of aliphatic carboxylic acids is 1. The van der Waals surface area contributed by atoms with E-state index in [1.54, 1.807) is 18.2 Å². The fraction of sp³-hybridized carbons (Fsp3) is 0.0833. The van der Waals surface area contributed by atoms with Gasteiger partial charge in [0.15, 0.2) is 0 Å². The van der Waals surface area contributed by atoms with Crippen molar-refractivity contribution in [3.63, 3.8) is 0 Å². The van der Waals surface area contributed by atoms with Crippen LogP contribution in [-0.4, -0.2) is 17.7 Å². The normalized spacial score (nSPS) is 10.5. The second-order valence-corrected chi connectivity index (χ2v) is 4.07. The van der Waals surface area contributed by atoms with Crippen molar-refractivity contribution in [3.8, 4) is 5.75 Å². The molecule has 90 valence electrons. The molecule has 0 heterocycles.